The molecule has 3 aromatic carbocycles. The van der Waals surface area contributed by atoms with E-state index in [0.717, 1.165) is 0 Å². The number of hydrogen-bond acceptors (Lipinski definition) is 6. The molecule has 0 atom stereocenters. The van der Waals surface area contributed by atoms with Crippen LogP contribution in [0.25, 0.3) is 6.08 Å². The number of ether oxygens (including phenoxy) is 2. The van der Waals surface area contributed by atoms with E-state index in [1.54, 1.807) is 54.6 Å². The number of anilines is 1. The van der Waals surface area contributed by atoms with E-state index in [0.29, 0.717) is 39.9 Å². The molecule has 1 N–H and O–H groups in total. The van der Waals surface area contributed by atoms with Gasteiger partial charge in [0.1, 0.15) is 18.2 Å². The van der Waals surface area contributed by atoms with E-state index < -0.39 is 10.8 Å². The van der Waals surface area contributed by atoms with E-state index in [2.05, 4.69) is 5.32 Å². The lowest BCUT2D eigenvalue weighted by atomic mass is 10.1. The number of carbonyl (C=O) groups excluding carboxylic acids is 1. The lowest BCUT2D eigenvalue weighted by molar-refractivity contribution is -0.384. The number of amides is 1. The smallest absolute Gasteiger partial charge is 0.269 e. The Hall–Kier alpha value is -4.35. The number of hydrogen-bond donors (Lipinski definition) is 1. The zero-order valence-electron chi connectivity index (χ0n) is 18.2. The summed E-state index contributed by atoms with van der Waals surface area (Å²) in [5.74, 6) is 0.231. The second kappa shape index (κ2) is 11.5. The summed E-state index contributed by atoms with van der Waals surface area (Å²) in [6.07, 6.45) is 1.43. The Morgan fingerprint density at radius 1 is 1.12 bits per heavy atom. The van der Waals surface area contributed by atoms with Crippen LogP contribution in [0.4, 0.5) is 11.4 Å². The van der Waals surface area contributed by atoms with Gasteiger partial charge in [0.2, 0.25) is 0 Å². The average Bonchev–Trinajstić information content (AvgIpc) is 2.83. The van der Waals surface area contributed by atoms with Crippen LogP contribution in [-0.2, 0) is 11.4 Å². The standard InChI is InChI=1S/C25H20ClN3O5/c1-2-33-24-14-17(12-19(15-27)25(30)28-22-9-4-3-8-21(22)26)10-11-23(24)34-16-18-6-5-7-20(13-18)29(31)32/h3-14H,2,16H2,1H3,(H,28,30)/b19-12+. The molecule has 8 nitrogen and oxygen atoms in total. The molecule has 0 saturated carbocycles. The van der Waals surface area contributed by atoms with E-state index >= 15 is 0 Å². The number of para-hydroxylation sites is 1. The van der Waals surface area contributed by atoms with Gasteiger partial charge in [0, 0.05) is 12.1 Å². The molecule has 172 valence electrons. The van der Waals surface area contributed by atoms with Crippen molar-refractivity contribution in [2.75, 3.05) is 11.9 Å². The van der Waals surface area contributed by atoms with Crippen LogP contribution in [0.5, 0.6) is 11.5 Å². The summed E-state index contributed by atoms with van der Waals surface area (Å²) >= 11 is 6.07. The van der Waals surface area contributed by atoms with Crippen molar-refractivity contribution in [3.05, 3.63) is 98.6 Å². The minimum atomic E-state index is -0.598. The molecule has 0 spiro atoms. The first-order chi connectivity index (χ1) is 16.4. The molecule has 0 unspecified atom stereocenters. The highest BCUT2D eigenvalue weighted by molar-refractivity contribution is 6.34. The maximum absolute atomic E-state index is 12.5. The third kappa shape index (κ3) is 6.34. The average molecular weight is 478 g/mol. The summed E-state index contributed by atoms with van der Waals surface area (Å²) in [4.78, 5) is 23.0. The van der Waals surface area contributed by atoms with Gasteiger partial charge in [-0.3, -0.25) is 14.9 Å². The summed E-state index contributed by atoms with van der Waals surface area (Å²) in [6, 6.07) is 19.7. The molecule has 0 aliphatic heterocycles. The molecule has 0 fully saturated rings. The number of nitro benzene ring substituents is 1. The molecule has 0 aliphatic carbocycles. The van der Waals surface area contributed by atoms with Gasteiger partial charge in [-0.25, -0.2) is 0 Å². The van der Waals surface area contributed by atoms with E-state index in [1.165, 1.54) is 18.2 Å². The Morgan fingerprint density at radius 2 is 1.91 bits per heavy atom. The quantitative estimate of drug-likeness (QED) is 0.181. The number of nitriles is 1. The van der Waals surface area contributed by atoms with Gasteiger partial charge in [-0.1, -0.05) is 41.9 Å². The number of nitrogens with zero attached hydrogens (tertiary/aromatic N) is 2. The number of non-ortho nitro benzene ring substituents is 1. The summed E-state index contributed by atoms with van der Waals surface area (Å²) < 4.78 is 11.5. The van der Waals surface area contributed by atoms with E-state index in [-0.39, 0.29) is 17.9 Å². The molecule has 9 heteroatoms. The third-order valence-electron chi connectivity index (χ3n) is 4.58. The van der Waals surface area contributed by atoms with Gasteiger partial charge in [0.15, 0.2) is 11.5 Å². The van der Waals surface area contributed by atoms with Crippen LogP contribution in [0.3, 0.4) is 0 Å². The topological polar surface area (TPSA) is 114 Å². The molecule has 0 bridgehead atoms. The fraction of sp³-hybridized carbons (Fsp3) is 0.120. The Morgan fingerprint density at radius 3 is 2.62 bits per heavy atom. The lowest BCUT2D eigenvalue weighted by Crippen LogP contribution is -2.13. The van der Waals surface area contributed by atoms with Crippen molar-refractivity contribution in [3.63, 3.8) is 0 Å². The highest BCUT2D eigenvalue weighted by atomic mass is 35.5. The van der Waals surface area contributed by atoms with Gasteiger partial charge >= 0.3 is 0 Å². The second-order valence-electron chi connectivity index (χ2n) is 6.96. The minimum absolute atomic E-state index is 0.0225. The van der Waals surface area contributed by atoms with Crippen molar-refractivity contribution in [3.8, 4) is 17.6 Å². The monoisotopic (exact) mass is 477 g/mol. The molecule has 0 aliphatic rings. The molecular weight excluding hydrogens is 458 g/mol. The largest absolute Gasteiger partial charge is 0.490 e. The van der Waals surface area contributed by atoms with Crippen molar-refractivity contribution < 1.29 is 19.2 Å². The van der Waals surface area contributed by atoms with Crippen molar-refractivity contribution in [1.82, 2.24) is 0 Å². The molecule has 0 saturated heterocycles. The molecule has 34 heavy (non-hydrogen) atoms. The fourth-order valence-corrected chi connectivity index (χ4v) is 3.17. The number of halogens is 1. The number of rotatable bonds is 9. The normalized spacial score (nSPS) is 10.8. The summed E-state index contributed by atoms with van der Waals surface area (Å²) in [7, 11) is 0. The number of nitro groups is 1. The Balaban J connectivity index is 1.79. The van der Waals surface area contributed by atoms with Gasteiger partial charge in [0.25, 0.3) is 11.6 Å². The Bertz CT molecular complexity index is 1280. The maximum Gasteiger partial charge on any atom is 0.269 e. The predicted molar refractivity (Wildman–Crippen MR) is 129 cm³/mol. The second-order valence-corrected chi connectivity index (χ2v) is 7.37. The van der Waals surface area contributed by atoms with E-state index in [9.17, 15) is 20.2 Å². The third-order valence-corrected chi connectivity index (χ3v) is 4.91. The minimum Gasteiger partial charge on any atom is -0.490 e. The van der Waals surface area contributed by atoms with Crippen molar-refractivity contribution in [1.29, 1.82) is 5.26 Å². The first kappa shape index (κ1) is 24.3. The number of nitrogens with one attached hydrogen (secondary N) is 1. The highest BCUT2D eigenvalue weighted by Crippen LogP contribution is 2.30. The van der Waals surface area contributed by atoms with Crippen molar-refractivity contribution in [2.24, 2.45) is 0 Å². The van der Waals surface area contributed by atoms with Crippen molar-refractivity contribution in [2.45, 2.75) is 13.5 Å². The first-order valence-electron chi connectivity index (χ1n) is 10.2. The maximum atomic E-state index is 12.5. The SMILES string of the molecule is CCOc1cc(/C=C(\C#N)C(=O)Nc2ccccc2Cl)ccc1OCc1cccc([N+](=O)[O-])c1. The van der Waals surface area contributed by atoms with Gasteiger partial charge in [0.05, 0.1) is 22.2 Å². The van der Waals surface area contributed by atoms with Crippen LogP contribution in [0.1, 0.15) is 18.1 Å². The van der Waals surface area contributed by atoms with Gasteiger partial charge in [-0.15, -0.1) is 0 Å². The highest BCUT2D eigenvalue weighted by Gasteiger charge is 2.13. The van der Waals surface area contributed by atoms with Gasteiger partial charge < -0.3 is 14.8 Å². The fourth-order valence-electron chi connectivity index (χ4n) is 2.99. The Labute approximate surface area is 201 Å². The Kier molecular flexibility index (Phi) is 8.21. The number of carbonyl (C=O) groups is 1. The van der Waals surface area contributed by atoms with Crippen molar-refractivity contribution >= 4 is 35.0 Å². The van der Waals surface area contributed by atoms with Crippen LogP contribution < -0.4 is 14.8 Å². The lowest BCUT2D eigenvalue weighted by Gasteiger charge is -2.13. The van der Waals surface area contributed by atoms with Crippen LogP contribution in [0.15, 0.2) is 72.3 Å². The first-order valence-corrected chi connectivity index (χ1v) is 10.6. The zero-order chi connectivity index (χ0) is 24.5. The van der Waals surface area contributed by atoms with Gasteiger partial charge in [-0.05, 0) is 48.4 Å². The van der Waals surface area contributed by atoms with Crippen LogP contribution >= 0.6 is 11.6 Å². The van der Waals surface area contributed by atoms with E-state index in [1.807, 2.05) is 13.0 Å². The predicted octanol–water partition coefficient (Wildman–Crippen LogP) is 5.77. The summed E-state index contributed by atoms with van der Waals surface area (Å²) in [6.45, 7) is 2.27. The molecule has 3 aromatic rings. The summed E-state index contributed by atoms with van der Waals surface area (Å²) in [5, 5.41) is 23.4. The van der Waals surface area contributed by atoms with Crippen LogP contribution in [-0.4, -0.2) is 17.4 Å². The zero-order valence-corrected chi connectivity index (χ0v) is 18.9. The molecule has 0 radical (unpaired) electrons. The van der Waals surface area contributed by atoms with E-state index in [4.69, 9.17) is 21.1 Å². The van der Waals surface area contributed by atoms with Crippen LogP contribution in [0, 0.1) is 21.4 Å². The number of benzene rings is 3. The molecule has 3 rings (SSSR count). The van der Waals surface area contributed by atoms with Gasteiger partial charge in [-0.2, -0.15) is 5.26 Å². The van der Waals surface area contributed by atoms with Crippen LogP contribution in [0.2, 0.25) is 5.02 Å². The molecule has 1 amide bonds. The molecular formula is C25H20ClN3O5. The summed E-state index contributed by atoms with van der Waals surface area (Å²) in [5.41, 5.74) is 1.44. The molecule has 0 aromatic heterocycles. The molecule has 0 heterocycles.